The van der Waals surface area contributed by atoms with Crippen molar-refractivity contribution < 1.29 is 14.6 Å². The van der Waals surface area contributed by atoms with Crippen LogP contribution in [-0.2, 0) is 0 Å². The molecule has 1 saturated carbocycles. The number of benzene rings is 1. The second kappa shape index (κ2) is 3.50. The van der Waals surface area contributed by atoms with Crippen molar-refractivity contribution in [1.82, 2.24) is 0 Å². The van der Waals surface area contributed by atoms with E-state index in [1.807, 2.05) is 0 Å². The molecule has 2 rings (SSSR count). The number of carboxylic acid groups (broad SMARTS) is 1. The zero-order valence-electron chi connectivity index (χ0n) is 7.37. The number of carboxylic acids is 1. The van der Waals surface area contributed by atoms with Gasteiger partial charge in [0.2, 0.25) is 0 Å². The van der Waals surface area contributed by atoms with Gasteiger partial charge >= 0.3 is 5.97 Å². The predicted molar refractivity (Wildman–Crippen MR) is 52.1 cm³/mol. The number of carbonyl (C=O) groups is 1. The Bertz CT molecular complexity index is 372. The molecule has 1 aliphatic rings. The van der Waals surface area contributed by atoms with Gasteiger partial charge in [-0.05, 0) is 25.0 Å². The molecule has 0 aliphatic heterocycles. The largest absolute Gasteiger partial charge is 0.488 e. The summed E-state index contributed by atoms with van der Waals surface area (Å²) in [5.74, 6) is -0.715. The van der Waals surface area contributed by atoms with E-state index in [9.17, 15) is 4.79 Å². The molecule has 0 aromatic heterocycles. The molecule has 0 amide bonds. The predicted octanol–water partition coefficient (Wildman–Crippen LogP) is 2.58. The molecule has 1 fully saturated rings. The Balaban J connectivity index is 2.36. The maximum Gasteiger partial charge on any atom is 0.339 e. The topological polar surface area (TPSA) is 46.5 Å². The van der Waals surface area contributed by atoms with Gasteiger partial charge in [0, 0.05) is 0 Å². The van der Waals surface area contributed by atoms with E-state index in [2.05, 4.69) is 0 Å². The third-order valence-corrected chi connectivity index (χ3v) is 2.30. The molecular weight excluding hydrogens is 204 g/mol. The first-order valence-corrected chi connectivity index (χ1v) is 4.75. The maximum absolute atomic E-state index is 10.8. The van der Waals surface area contributed by atoms with E-state index in [0.717, 1.165) is 12.8 Å². The van der Waals surface area contributed by atoms with Crippen LogP contribution in [0.4, 0.5) is 0 Å². The lowest BCUT2D eigenvalue weighted by Gasteiger charge is -2.09. The van der Waals surface area contributed by atoms with Crippen molar-refractivity contribution in [1.29, 1.82) is 0 Å². The Hall–Kier alpha value is -1.22. The van der Waals surface area contributed by atoms with Crippen molar-refractivity contribution in [3.05, 3.63) is 28.8 Å². The highest BCUT2D eigenvalue weighted by molar-refractivity contribution is 6.32. The van der Waals surface area contributed by atoms with Crippen molar-refractivity contribution in [2.24, 2.45) is 0 Å². The van der Waals surface area contributed by atoms with Gasteiger partial charge in [0.05, 0.1) is 11.1 Å². The third kappa shape index (κ3) is 1.82. The Morgan fingerprint density at radius 3 is 2.79 bits per heavy atom. The molecule has 1 aromatic rings. The summed E-state index contributed by atoms with van der Waals surface area (Å²) in [6, 6.07) is 4.73. The van der Waals surface area contributed by atoms with Gasteiger partial charge in [0.1, 0.15) is 5.56 Å². The summed E-state index contributed by atoms with van der Waals surface area (Å²) in [5, 5.41) is 9.24. The molecule has 74 valence electrons. The fourth-order valence-electron chi connectivity index (χ4n) is 1.15. The minimum absolute atomic E-state index is 0.129. The van der Waals surface area contributed by atoms with Crippen molar-refractivity contribution in [2.45, 2.75) is 18.9 Å². The number of para-hydroxylation sites is 1. The number of rotatable bonds is 3. The summed E-state index contributed by atoms with van der Waals surface area (Å²) in [5.41, 5.74) is 0.129. The van der Waals surface area contributed by atoms with E-state index >= 15 is 0 Å². The minimum Gasteiger partial charge on any atom is -0.488 e. The molecule has 4 heteroatoms. The van der Waals surface area contributed by atoms with Crippen LogP contribution in [0.15, 0.2) is 18.2 Å². The summed E-state index contributed by atoms with van der Waals surface area (Å²) < 4.78 is 5.44. The number of ether oxygens (including phenoxy) is 1. The number of aromatic carboxylic acids is 1. The Morgan fingerprint density at radius 1 is 1.50 bits per heavy atom. The zero-order valence-corrected chi connectivity index (χ0v) is 8.12. The summed E-state index contributed by atoms with van der Waals surface area (Å²) in [4.78, 5) is 10.8. The fourth-order valence-corrected chi connectivity index (χ4v) is 1.37. The summed E-state index contributed by atoms with van der Waals surface area (Å²) >= 11 is 5.86. The molecule has 1 aromatic carbocycles. The van der Waals surface area contributed by atoms with Crippen LogP contribution in [-0.4, -0.2) is 17.2 Å². The average molecular weight is 213 g/mol. The first-order valence-electron chi connectivity index (χ1n) is 4.37. The van der Waals surface area contributed by atoms with Gasteiger partial charge in [-0.25, -0.2) is 4.79 Å². The second-order valence-corrected chi connectivity index (χ2v) is 3.65. The summed E-state index contributed by atoms with van der Waals surface area (Å²) in [6.07, 6.45) is 2.10. The van der Waals surface area contributed by atoms with Gasteiger partial charge in [-0.1, -0.05) is 17.7 Å². The second-order valence-electron chi connectivity index (χ2n) is 3.24. The number of hydrogen-bond donors (Lipinski definition) is 1. The average Bonchev–Trinajstić information content (AvgIpc) is 2.91. The minimum atomic E-state index is -1.01. The van der Waals surface area contributed by atoms with Crippen LogP contribution < -0.4 is 4.74 Å². The van der Waals surface area contributed by atoms with E-state index in [-0.39, 0.29) is 11.7 Å². The zero-order chi connectivity index (χ0) is 10.1. The highest BCUT2D eigenvalue weighted by Gasteiger charge is 2.26. The first-order chi connectivity index (χ1) is 6.68. The lowest BCUT2D eigenvalue weighted by atomic mass is 10.2. The van der Waals surface area contributed by atoms with Gasteiger partial charge < -0.3 is 9.84 Å². The van der Waals surface area contributed by atoms with Crippen LogP contribution in [0.1, 0.15) is 23.2 Å². The maximum atomic E-state index is 10.8. The monoisotopic (exact) mass is 212 g/mol. The van der Waals surface area contributed by atoms with Gasteiger partial charge in [-0.3, -0.25) is 0 Å². The van der Waals surface area contributed by atoms with E-state index in [1.54, 1.807) is 12.1 Å². The molecule has 14 heavy (non-hydrogen) atoms. The summed E-state index contributed by atoms with van der Waals surface area (Å²) in [6.45, 7) is 0. The highest BCUT2D eigenvalue weighted by atomic mass is 35.5. The normalized spacial score (nSPS) is 15.2. The van der Waals surface area contributed by atoms with Crippen molar-refractivity contribution >= 4 is 17.6 Å². The first kappa shape index (κ1) is 9.34. The molecule has 0 heterocycles. The molecule has 0 bridgehead atoms. The molecular formula is C10H9ClO3. The van der Waals surface area contributed by atoms with Crippen molar-refractivity contribution in [3.8, 4) is 5.75 Å². The quantitative estimate of drug-likeness (QED) is 0.838. The van der Waals surface area contributed by atoms with E-state index in [4.69, 9.17) is 21.4 Å². The van der Waals surface area contributed by atoms with Gasteiger partial charge in [0.15, 0.2) is 5.75 Å². The number of hydrogen-bond acceptors (Lipinski definition) is 2. The third-order valence-electron chi connectivity index (χ3n) is 2.01. The van der Waals surface area contributed by atoms with E-state index in [0.29, 0.717) is 10.8 Å². The fraction of sp³-hybridized carbons (Fsp3) is 0.300. The Kier molecular flexibility index (Phi) is 2.33. The lowest BCUT2D eigenvalue weighted by molar-refractivity contribution is 0.0692. The molecule has 0 spiro atoms. The van der Waals surface area contributed by atoms with Gasteiger partial charge in [0.25, 0.3) is 0 Å². The molecule has 0 saturated heterocycles. The van der Waals surface area contributed by atoms with Crippen molar-refractivity contribution in [3.63, 3.8) is 0 Å². The van der Waals surface area contributed by atoms with Crippen LogP contribution in [0, 0.1) is 0 Å². The van der Waals surface area contributed by atoms with Crippen LogP contribution in [0.25, 0.3) is 0 Å². The Labute approximate surface area is 86.3 Å². The lowest BCUT2D eigenvalue weighted by Crippen LogP contribution is -2.04. The highest BCUT2D eigenvalue weighted by Crippen LogP contribution is 2.34. The Morgan fingerprint density at radius 2 is 2.21 bits per heavy atom. The molecule has 1 N–H and O–H groups in total. The SMILES string of the molecule is O=C(O)c1cccc(Cl)c1OC1CC1. The smallest absolute Gasteiger partial charge is 0.339 e. The van der Waals surface area contributed by atoms with Crippen LogP contribution in [0.2, 0.25) is 5.02 Å². The van der Waals surface area contributed by atoms with Crippen LogP contribution in [0.5, 0.6) is 5.75 Å². The van der Waals surface area contributed by atoms with Gasteiger partial charge in [-0.15, -0.1) is 0 Å². The molecule has 1 aliphatic carbocycles. The van der Waals surface area contributed by atoms with Crippen LogP contribution in [0.3, 0.4) is 0 Å². The van der Waals surface area contributed by atoms with E-state index < -0.39 is 5.97 Å². The molecule has 3 nitrogen and oxygen atoms in total. The van der Waals surface area contributed by atoms with E-state index in [1.165, 1.54) is 6.07 Å². The standard InChI is InChI=1S/C10H9ClO3/c11-8-3-1-2-7(10(12)13)9(8)14-6-4-5-6/h1-3,6H,4-5H2,(H,12,13). The molecule has 0 atom stereocenters. The molecule has 0 unspecified atom stereocenters. The number of halogens is 1. The van der Waals surface area contributed by atoms with Gasteiger partial charge in [-0.2, -0.15) is 0 Å². The molecule has 0 radical (unpaired) electrons. The van der Waals surface area contributed by atoms with Crippen LogP contribution >= 0.6 is 11.6 Å². The van der Waals surface area contributed by atoms with Crippen molar-refractivity contribution in [2.75, 3.05) is 0 Å². The summed E-state index contributed by atoms with van der Waals surface area (Å²) in [7, 11) is 0.